The fourth-order valence-electron chi connectivity index (χ4n) is 2.40. The summed E-state index contributed by atoms with van der Waals surface area (Å²) in [6.45, 7) is 0. The van der Waals surface area contributed by atoms with Gasteiger partial charge in [0, 0.05) is 23.9 Å². The number of aromatic nitrogens is 2. The van der Waals surface area contributed by atoms with Gasteiger partial charge in [-0.25, -0.2) is 14.4 Å². The number of anilines is 1. The SMILES string of the molecule is CNc1nc(-c2cccc(F)c2)nc2c1CCC2. The molecular formula is C14H14FN3. The Kier molecular flexibility index (Phi) is 2.70. The molecular weight excluding hydrogens is 229 g/mol. The average Bonchev–Trinajstić information content (AvgIpc) is 2.85. The van der Waals surface area contributed by atoms with Crippen molar-refractivity contribution < 1.29 is 4.39 Å². The molecule has 1 aromatic carbocycles. The van der Waals surface area contributed by atoms with Gasteiger partial charge in [-0.05, 0) is 31.4 Å². The third-order valence-corrected chi connectivity index (χ3v) is 3.25. The molecule has 18 heavy (non-hydrogen) atoms. The van der Waals surface area contributed by atoms with E-state index < -0.39 is 0 Å². The molecule has 2 aromatic rings. The van der Waals surface area contributed by atoms with E-state index in [1.165, 1.54) is 17.7 Å². The van der Waals surface area contributed by atoms with Gasteiger partial charge < -0.3 is 5.32 Å². The van der Waals surface area contributed by atoms with Crippen LogP contribution in [0.2, 0.25) is 0 Å². The maximum absolute atomic E-state index is 13.2. The maximum atomic E-state index is 13.2. The van der Waals surface area contributed by atoms with Crippen LogP contribution in [0.1, 0.15) is 17.7 Å². The Bertz CT molecular complexity index is 596. The number of fused-ring (bicyclic) bond motifs is 1. The number of hydrogen-bond acceptors (Lipinski definition) is 3. The average molecular weight is 243 g/mol. The molecule has 0 bridgehead atoms. The van der Waals surface area contributed by atoms with Gasteiger partial charge in [-0.2, -0.15) is 0 Å². The summed E-state index contributed by atoms with van der Waals surface area (Å²) in [6.07, 6.45) is 3.12. The highest BCUT2D eigenvalue weighted by atomic mass is 19.1. The number of nitrogens with one attached hydrogen (secondary N) is 1. The van der Waals surface area contributed by atoms with Crippen molar-refractivity contribution in [3.05, 3.63) is 41.3 Å². The van der Waals surface area contributed by atoms with Gasteiger partial charge in [0.05, 0.1) is 0 Å². The molecule has 1 aliphatic rings. The summed E-state index contributed by atoms with van der Waals surface area (Å²) in [7, 11) is 1.86. The van der Waals surface area contributed by atoms with Gasteiger partial charge in [-0.3, -0.25) is 0 Å². The van der Waals surface area contributed by atoms with Crippen molar-refractivity contribution in [1.29, 1.82) is 0 Å². The quantitative estimate of drug-likeness (QED) is 0.881. The van der Waals surface area contributed by atoms with Crippen LogP contribution in [0, 0.1) is 5.82 Å². The van der Waals surface area contributed by atoms with Crippen molar-refractivity contribution >= 4 is 5.82 Å². The Morgan fingerprint density at radius 1 is 1.22 bits per heavy atom. The summed E-state index contributed by atoms with van der Waals surface area (Å²) in [6, 6.07) is 6.41. The van der Waals surface area contributed by atoms with Gasteiger partial charge in [0.15, 0.2) is 5.82 Å². The van der Waals surface area contributed by atoms with Crippen molar-refractivity contribution in [3.63, 3.8) is 0 Å². The normalized spacial score (nSPS) is 13.4. The van der Waals surface area contributed by atoms with Crippen molar-refractivity contribution in [1.82, 2.24) is 9.97 Å². The first-order chi connectivity index (χ1) is 8.78. The summed E-state index contributed by atoms with van der Waals surface area (Å²) >= 11 is 0. The Morgan fingerprint density at radius 3 is 2.89 bits per heavy atom. The van der Waals surface area contributed by atoms with E-state index in [0.29, 0.717) is 5.82 Å². The molecule has 3 rings (SSSR count). The Balaban J connectivity index is 2.13. The summed E-state index contributed by atoms with van der Waals surface area (Å²) < 4.78 is 13.2. The second-order valence-corrected chi connectivity index (χ2v) is 4.43. The molecule has 0 aliphatic heterocycles. The monoisotopic (exact) mass is 243 g/mol. The van der Waals surface area contributed by atoms with Crippen molar-refractivity contribution in [3.8, 4) is 11.4 Å². The third-order valence-electron chi connectivity index (χ3n) is 3.25. The molecule has 1 heterocycles. The lowest BCUT2D eigenvalue weighted by Gasteiger charge is -2.09. The Hall–Kier alpha value is -1.97. The molecule has 3 nitrogen and oxygen atoms in total. The molecule has 4 heteroatoms. The molecule has 1 N–H and O–H groups in total. The number of rotatable bonds is 2. The first kappa shape index (κ1) is 11.1. The zero-order valence-corrected chi connectivity index (χ0v) is 10.2. The predicted octanol–water partition coefficient (Wildman–Crippen LogP) is 2.81. The van der Waals surface area contributed by atoms with Crippen LogP contribution in [0.5, 0.6) is 0 Å². The van der Waals surface area contributed by atoms with Crippen molar-refractivity contribution in [2.24, 2.45) is 0 Å². The van der Waals surface area contributed by atoms with Gasteiger partial charge in [-0.15, -0.1) is 0 Å². The second-order valence-electron chi connectivity index (χ2n) is 4.43. The van der Waals surface area contributed by atoms with Crippen LogP contribution < -0.4 is 5.32 Å². The first-order valence-electron chi connectivity index (χ1n) is 6.11. The summed E-state index contributed by atoms with van der Waals surface area (Å²) in [4.78, 5) is 9.04. The topological polar surface area (TPSA) is 37.8 Å². The minimum atomic E-state index is -0.261. The van der Waals surface area contributed by atoms with E-state index in [1.807, 2.05) is 13.1 Å². The first-order valence-corrected chi connectivity index (χ1v) is 6.11. The number of hydrogen-bond donors (Lipinski definition) is 1. The molecule has 0 fully saturated rings. The van der Waals surface area contributed by atoms with Crippen LogP contribution in [0.3, 0.4) is 0 Å². The zero-order chi connectivity index (χ0) is 12.5. The molecule has 0 unspecified atom stereocenters. The number of halogens is 1. The fourth-order valence-corrected chi connectivity index (χ4v) is 2.40. The lowest BCUT2D eigenvalue weighted by molar-refractivity contribution is 0.628. The summed E-state index contributed by atoms with van der Waals surface area (Å²) in [5.74, 6) is 1.21. The molecule has 1 aromatic heterocycles. The van der Waals surface area contributed by atoms with Gasteiger partial charge >= 0.3 is 0 Å². The van der Waals surface area contributed by atoms with Gasteiger partial charge in [0.1, 0.15) is 11.6 Å². The smallest absolute Gasteiger partial charge is 0.161 e. The van der Waals surface area contributed by atoms with E-state index in [2.05, 4.69) is 15.3 Å². The van der Waals surface area contributed by atoms with Gasteiger partial charge in [0.25, 0.3) is 0 Å². The molecule has 1 aliphatic carbocycles. The van der Waals surface area contributed by atoms with Crippen LogP contribution in [0.25, 0.3) is 11.4 Å². The molecule has 0 saturated carbocycles. The zero-order valence-electron chi connectivity index (χ0n) is 10.2. The van der Waals surface area contributed by atoms with Crippen LogP contribution in [0.15, 0.2) is 24.3 Å². The van der Waals surface area contributed by atoms with Gasteiger partial charge in [-0.1, -0.05) is 12.1 Å². The molecule has 0 radical (unpaired) electrons. The van der Waals surface area contributed by atoms with E-state index in [0.717, 1.165) is 36.3 Å². The molecule has 0 atom stereocenters. The highest BCUT2D eigenvalue weighted by Gasteiger charge is 2.19. The van der Waals surface area contributed by atoms with Crippen LogP contribution in [0.4, 0.5) is 10.2 Å². The van der Waals surface area contributed by atoms with Crippen LogP contribution in [-0.2, 0) is 12.8 Å². The van der Waals surface area contributed by atoms with E-state index in [1.54, 1.807) is 6.07 Å². The van der Waals surface area contributed by atoms with E-state index in [4.69, 9.17) is 0 Å². The van der Waals surface area contributed by atoms with Crippen LogP contribution >= 0.6 is 0 Å². The largest absolute Gasteiger partial charge is 0.373 e. The molecule has 0 amide bonds. The highest BCUT2D eigenvalue weighted by Crippen LogP contribution is 2.28. The summed E-state index contributed by atoms with van der Waals surface area (Å²) in [5.41, 5.74) is 3.02. The molecule has 0 spiro atoms. The maximum Gasteiger partial charge on any atom is 0.161 e. The number of aryl methyl sites for hydroxylation is 1. The third kappa shape index (κ3) is 1.83. The number of nitrogens with zero attached hydrogens (tertiary/aromatic N) is 2. The lowest BCUT2D eigenvalue weighted by Crippen LogP contribution is -2.03. The highest BCUT2D eigenvalue weighted by molar-refractivity contribution is 5.60. The predicted molar refractivity (Wildman–Crippen MR) is 69.0 cm³/mol. The lowest BCUT2D eigenvalue weighted by atomic mass is 10.2. The second kappa shape index (κ2) is 4.37. The number of benzene rings is 1. The van der Waals surface area contributed by atoms with Crippen molar-refractivity contribution in [2.75, 3.05) is 12.4 Å². The van der Waals surface area contributed by atoms with Crippen LogP contribution in [-0.4, -0.2) is 17.0 Å². The molecule has 92 valence electrons. The Morgan fingerprint density at radius 2 is 2.11 bits per heavy atom. The minimum absolute atomic E-state index is 0.261. The van der Waals surface area contributed by atoms with Crippen molar-refractivity contribution in [2.45, 2.75) is 19.3 Å². The fraction of sp³-hybridized carbons (Fsp3) is 0.286. The molecule has 0 saturated heterocycles. The van der Waals surface area contributed by atoms with E-state index in [-0.39, 0.29) is 5.82 Å². The Labute approximate surface area is 105 Å². The van der Waals surface area contributed by atoms with Gasteiger partial charge in [0.2, 0.25) is 0 Å². The standard InChI is InChI=1S/C14H14FN3/c1-16-14-11-6-3-7-12(11)17-13(18-14)9-4-2-5-10(15)8-9/h2,4-5,8H,3,6-7H2,1H3,(H,16,17,18). The van der Waals surface area contributed by atoms with E-state index >= 15 is 0 Å². The van der Waals surface area contributed by atoms with E-state index in [9.17, 15) is 4.39 Å². The summed E-state index contributed by atoms with van der Waals surface area (Å²) in [5, 5.41) is 3.11. The minimum Gasteiger partial charge on any atom is -0.373 e.